The van der Waals surface area contributed by atoms with Gasteiger partial charge in [0.2, 0.25) is 0 Å². The lowest BCUT2D eigenvalue weighted by atomic mass is 10.1. The number of amides is 2. The molecule has 0 atom stereocenters. The van der Waals surface area contributed by atoms with Crippen molar-refractivity contribution in [2.75, 3.05) is 26.2 Å². The summed E-state index contributed by atoms with van der Waals surface area (Å²) in [6.45, 7) is 1.77. The van der Waals surface area contributed by atoms with E-state index in [4.69, 9.17) is 16.7 Å². The van der Waals surface area contributed by atoms with Gasteiger partial charge in [0.1, 0.15) is 11.4 Å². The molecule has 1 aliphatic rings. The standard InChI is InChI=1S/C26H22ClN5O2/c27-20-11-9-19(10-12-20)23-18-24(32(29-23)21-6-2-1-3-7-21)26(34)31-16-14-30(15-17-31)25(33)22-8-4-5-13-28-22/h1-13,18H,14-17H2. The molecule has 2 aromatic carbocycles. The van der Waals surface area contributed by atoms with E-state index in [-0.39, 0.29) is 11.8 Å². The van der Waals surface area contributed by atoms with Gasteiger partial charge in [-0.05, 0) is 42.5 Å². The zero-order valence-electron chi connectivity index (χ0n) is 18.3. The Kier molecular flexibility index (Phi) is 6.10. The largest absolute Gasteiger partial charge is 0.334 e. The Morgan fingerprint density at radius 2 is 1.41 bits per heavy atom. The van der Waals surface area contributed by atoms with Crippen LogP contribution in [0.25, 0.3) is 16.9 Å². The monoisotopic (exact) mass is 471 g/mol. The molecule has 8 heteroatoms. The number of para-hydroxylation sites is 1. The molecule has 0 aliphatic carbocycles. The van der Waals surface area contributed by atoms with Crippen LogP contribution in [0.5, 0.6) is 0 Å². The maximum Gasteiger partial charge on any atom is 0.272 e. The van der Waals surface area contributed by atoms with Gasteiger partial charge < -0.3 is 9.80 Å². The summed E-state index contributed by atoms with van der Waals surface area (Å²) < 4.78 is 1.68. The average molecular weight is 472 g/mol. The number of benzene rings is 2. The first-order valence-corrected chi connectivity index (χ1v) is 11.4. The highest BCUT2D eigenvalue weighted by atomic mass is 35.5. The number of aromatic nitrogens is 3. The molecule has 0 N–H and O–H groups in total. The molecule has 0 spiro atoms. The van der Waals surface area contributed by atoms with Crippen LogP contribution in [-0.4, -0.2) is 62.6 Å². The van der Waals surface area contributed by atoms with Gasteiger partial charge in [-0.1, -0.05) is 48.0 Å². The van der Waals surface area contributed by atoms with E-state index in [9.17, 15) is 9.59 Å². The van der Waals surface area contributed by atoms with E-state index < -0.39 is 0 Å². The number of halogens is 1. The molecule has 1 saturated heterocycles. The SMILES string of the molecule is O=C(c1ccccn1)N1CCN(C(=O)c2cc(-c3ccc(Cl)cc3)nn2-c2ccccc2)CC1. The molecule has 2 aromatic heterocycles. The van der Waals surface area contributed by atoms with Crippen molar-refractivity contribution < 1.29 is 9.59 Å². The minimum atomic E-state index is -0.124. The highest BCUT2D eigenvalue weighted by Gasteiger charge is 2.28. The van der Waals surface area contributed by atoms with E-state index >= 15 is 0 Å². The fourth-order valence-electron chi connectivity index (χ4n) is 3.99. The summed E-state index contributed by atoms with van der Waals surface area (Å²) in [5, 5.41) is 5.37. The molecule has 1 aliphatic heterocycles. The van der Waals surface area contributed by atoms with Crippen LogP contribution in [-0.2, 0) is 0 Å². The molecule has 3 heterocycles. The number of carbonyl (C=O) groups is 2. The van der Waals surface area contributed by atoms with E-state index in [1.54, 1.807) is 51.0 Å². The molecule has 2 amide bonds. The van der Waals surface area contributed by atoms with Crippen LogP contribution in [0.3, 0.4) is 0 Å². The molecule has 170 valence electrons. The zero-order chi connectivity index (χ0) is 23.5. The number of hydrogen-bond acceptors (Lipinski definition) is 4. The summed E-state index contributed by atoms with van der Waals surface area (Å²) in [7, 11) is 0. The zero-order valence-corrected chi connectivity index (χ0v) is 19.1. The predicted octanol–water partition coefficient (Wildman–Crippen LogP) is 4.19. The number of hydrogen-bond donors (Lipinski definition) is 0. The van der Waals surface area contributed by atoms with Crippen molar-refractivity contribution in [1.82, 2.24) is 24.6 Å². The van der Waals surface area contributed by atoms with E-state index in [1.165, 1.54) is 0 Å². The van der Waals surface area contributed by atoms with Gasteiger partial charge in [0.25, 0.3) is 11.8 Å². The Labute approximate surface area is 202 Å². The predicted molar refractivity (Wildman–Crippen MR) is 130 cm³/mol. The molecule has 1 fully saturated rings. The molecule has 34 heavy (non-hydrogen) atoms. The molecule has 0 radical (unpaired) electrons. The summed E-state index contributed by atoms with van der Waals surface area (Å²) in [5.41, 5.74) is 3.25. The normalized spacial score (nSPS) is 13.7. The van der Waals surface area contributed by atoms with Crippen molar-refractivity contribution in [3.63, 3.8) is 0 Å². The van der Waals surface area contributed by atoms with Crippen molar-refractivity contribution in [3.8, 4) is 16.9 Å². The van der Waals surface area contributed by atoms with Gasteiger partial charge >= 0.3 is 0 Å². The van der Waals surface area contributed by atoms with Crippen LogP contribution < -0.4 is 0 Å². The smallest absolute Gasteiger partial charge is 0.272 e. The molecule has 0 saturated carbocycles. The highest BCUT2D eigenvalue weighted by Crippen LogP contribution is 2.24. The quantitative estimate of drug-likeness (QED) is 0.447. The molecule has 4 aromatic rings. The first kappa shape index (κ1) is 21.9. The second kappa shape index (κ2) is 9.49. The Morgan fingerprint density at radius 3 is 2.06 bits per heavy atom. The lowest BCUT2D eigenvalue weighted by Crippen LogP contribution is -2.51. The molecular formula is C26H22ClN5O2. The summed E-state index contributed by atoms with van der Waals surface area (Å²) in [4.78, 5) is 33.9. The summed E-state index contributed by atoms with van der Waals surface area (Å²) in [6, 6.07) is 24.0. The van der Waals surface area contributed by atoms with Crippen LogP contribution in [0.2, 0.25) is 5.02 Å². The van der Waals surface area contributed by atoms with Crippen molar-refractivity contribution in [1.29, 1.82) is 0 Å². The van der Waals surface area contributed by atoms with Gasteiger partial charge in [-0.25, -0.2) is 4.68 Å². The van der Waals surface area contributed by atoms with E-state index in [0.29, 0.717) is 48.3 Å². The minimum Gasteiger partial charge on any atom is -0.334 e. The third-order valence-corrected chi connectivity index (χ3v) is 6.06. The number of nitrogens with zero attached hydrogens (tertiary/aromatic N) is 5. The van der Waals surface area contributed by atoms with Gasteiger partial charge in [0.05, 0.1) is 11.4 Å². The maximum atomic E-state index is 13.6. The maximum absolute atomic E-state index is 13.6. The van der Waals surface area contributed by atoms with Gasteiger partial charge in [-0.15, -0.1) is 0 Å². The number of carbonyl (C=O) groups excluding carboxylic acids is 2. The first-order valence-electron chi connectivity index (χ1n) is 11.0. The van der Waals surface area contributed by atoms with Crippen molar-refractivity contribution >= 4 is 23.4 Å². The Hall–Kier alpha value is -3.97. The van der Waals surface area contributed by atoms with E-state index in [2.05, 4.69) is 4.98 Å². The second-order valence-corrected chi connectivity index (χ2v) is 8.40. The highest BCUT2D eigenvalue weighted by molar-refractivity contribution is 6.30. The Balaban J connectivity index is 1.39. The number of pyridine rings is 1. The molecule has 0 bridgehead atoms. The van der Waals surface area contributed by atoms with Crippen LogP contribution >= 0.6 is 11.6 Å². The molecular weight excluding hydrogens is 450 g/mol. The van der Waals surface area contributed by atoms with Gasteiger partial charge in [0, 0.05) is 43.0 Å². The molecule has 0 unspecified atom stereocenters. The Morgan fingerprint density at radius 1 is 0.765 bits per heavy atom. The van der Waals surface area contributed by atoms with Crippen molar-refractivity contribution in [2.24, 2.45) is 0 Å². The average Bonchev–Trinajstić information content (AvgIpc) is 3.35. The fraction of sp³-hybridized carbons (Fsp3) is 0.154. The summed E-state index contributed by atoms with van der Waals surface area (Å²) in [6.07, 6.45) is 1.61. The Bertz CT molecular complexity index is 1300. The molecule has 7 nitrogen and oxygen atoms in total. The topological polar surface area (TPSA) is 71.3 Å². The number of piperazine rings is 1. The lowest BCUT2D eigenvalue weighted by molar-refractivity contribution is 0.0527. The second-order valence-electron chi connectivity index (χ2n) is 7.97. The van der Waals surface area contributed by atoms with Crippen molar-refractivity contribution in [3.05, 3.63) is 101 Å². The minimum absolute atomic E-state index is 0.118. The summed E-state index contributed by atoms with van der Waals surface area (Å²) in [5.74, 6) is -0.242. The summed E-state index contributed by atoms with van der Waals surface area (Å²) >= 11 is 6.04. The van der Waals surface area contributed by atoms with Crippen LogP contribution in [0.1, 0.15) is 21.0 Å². The van der Waals surface area contributed by atoms with Crippen LogP contribution in [0.4, 0.5) is 0 Å². The van der Waals surface area contributed by atoms with Crippen molar-refractivity contribution in [2.45, 2.75) is 0 Å². The van der Waals surface area contributed by atoms with Gasteiger partial charge in [-0.3, -0.25) is 14.6 Å². The third kappa shape index (κ3) is 4.43. The number of rotatable bonds is 4. The van der Waals surface area contributed by atoms with Gasteiger partial charge in [-0.2, -0.15) is 5.10 Å². The van der Waals surface area contributed by atoms with E-state index in [0.717, 1.165) is 11.3 Å². The van der Waals surface area contributed by atoms with E-state index in [1.807, 2.05) is 48.5 Å². The fourth-order valence-corrected chi connectivity index (χ4v) is 4.11. The molecule has 5 rings (SSSR count). The third-order valence-electron chi connectivity index (χ3n) is 5.81. The van der Waals surface area contributed by atoms with Crippen LogP contribution in [0, 0.1) is 0 Å². The lowest BCUT2D eigenvalue weighted by Gasteiger charge is -2.34. The van der Waals surface area contributed by atoms with Gasteiger partial charge in [0.15, 0.2) is 0 Å². The first-order chi connectivity index (χ1) is 16.6. The van der Waals surface area contributed by atoms with Crippen LogP contribution in [0.15, 0.2) is 85.1 Å².